The molecule has 0 aliphatic rings. The van der Waals surface area contributed by atoms with E-state index in [1.54, 1.807) is 31.4 Å². The SMILES string of the molecule is CNC(=O)n1cnc(-c2cccc(-c3cccc(O)c3)c2)c1. The van der Waals surface area contributed by atoms with Gasteiger partial charge in [0.25, 0.3) is 0 Å². The topological polar surface area (TPSA) is 67.2 Å². The lowest BCUT2D eigenvalue weighted by atomic mass is 10.0. The van der Waals surface area contributed by atoms with Crippen LogP contribution in [0.1, 0.15) is 0 Å². The second-order valence-corrected chi connectivity index (χ2v) is 4.85. The van der Waals surface area contributed by atoms with E-state index in [-0.39, 0.29) is 11.8 Å². The van der Waals surface area contributed by atoms with E-state index < -0.39 is 0 Å². The second-order valence-electron chi connectivity index (χ2n) is 4.85. The van der Waals surface area contributed by atoms with Gasteiger partial charge in [0.2, 0.25) is 0 Å². The van der Waals surface area contributed by atoms with Crippen molar-refractivity contribution in [3.8, 4) is 28.1 Å². The Morgan fingerprint density at radius 2 is 1.77 bits per heavy atom. The summed E-state index contributed by atoms with van der Waals surface area (Å²) in [5.41, 5.74) is 3.52. The Bertz CT molecular complexity index is 824. The van der Waals surface area contributed by atoms with Crippen LogP contribution in [0.25, 0.3) is 22.4 Å². The van der Waals surface area contributed by atoms with E-state index in [1.807, 2.05) is 30.3 Å². The summed E-state index contributed by atoms with van der Waals surface area (Å²) in [6.07, 6.45) is 3.16. The molecule has 1 heterocycles. The number of aromatic hydroxyl groups is 1. The zero-order chi connectivity index (χ0) is 15.5. The van der Waals surface area contributed by atoms with Crippen LogP contribution in [0, 0.1) is 0 Å². The number of nitrogens with one attached hydrogen (secondary N) is 1. The van der Waals surface area contributed by atoms with Crippen LogP contribution in [0.2, 0.25) is 0 Å². The molecule has 0 fully saturated rings. The lowest BCUT2D eigenvalue weighted by molar-refractivity contribution is 0.244. The molecule has 0 saturated carbocycles. The maximum atomic E-state index is 11.6. The Morgan fingerprint density at radius 3 is 2.50 bits per heavy atom. The van der Waals surface area contributed by atoms with Gasteiger partial charge in [0.1, 0.15) is 12.1 Å². The first-order valence-corrected chi connectivity index (χ1v) is 6.83. The predicted octanol–water partition coefficient (Wildman–Crippen LogP) is 3.11. The number of nitrogens with zero attached hydrogens (tertiary/aromatic N) is 2. The van der Waals surface area contributed by atoms with Gasteiger partial charge in [-0.05, 0) is 29.3 Å². The third kappa shape index (κ3) is 2.69. The number of phenols is 1. The van der Waals surface area contributed by atoms with Crippen molar-refractivity contribution in [3.05, 3.63) is 61.1 Å². The first-order chi connectivity index (χ1) is 10.7. The van der Waals surface area contributed by atoms with Gasteiger partial charge in [0, 0.05) is 18.8 Å². The molecule has 3 aromatic rings. The summed E-state index contributed by atoms with van der Waals surface area (Å²) < 4.78 is 1.40. The van der Waals surface area contributed by atoms with Crippen LogP contribution in [0.5, 0.6) is 5.75 Å². The van der Waals surface area contributed by atoms with Gasteiger partial charge in [-0.3, -0.25) is 4.57 Å². The molecule has 0 saturated heterocycles. The van der Waals surface area contributed by atoms with Gasteiger partial charge in [-0.1, -0.05) is 30.3 Å². The molecule has 3 rings (SSSR count). The van der Waals surface area contributed by atoms with Gasteiger partial charge in [-0.15, -0.1) is 0 Å². The largest absolute Gasteiger partial charge is 0.508 e. The Balaban J connectivity index is 1.97. The molecule has 1 amide bonds. The predicted molar refractivity (Wildman–Crippen MR) is 84.6 cm³/mol. The van der Waals surface area contributed by atoms with Gasteiger partial charge in [-0.25, -0.2) is 9.78 Å². The van der Waals surface area contributed by atoms with Gasteiger partial charge in [0.15, 0.2) is 0 Å². The molecule has 0 radical (unpaired) electrons. The summed E-state index contributed by atoms with van der Waals surface area (Å²) in [7, 11) is 1.57. The van der Waals surface area contributed by atoms with Gasteiger partial charge < -0.3 is 10.4 Å². The molecule has 0 bridgehead atoms. The van der Waals surface area contributed by atoms with Gasteiger partial charge in [0.05, 0.1) is 5.69 Å². The number of hydrogen-bond donors (Lipinski definition) is 2. The number of carbonyl (C=O) groups excluding carboxylic acids is 1. The van der Waals surface area contributed by atoms with E-state index in [2.05, 4.69) is 10.3 Å². The smallest absolute Gasteiger partial charge is 0.326 e. The van der Waals surface area contributed by atoms with E-state index in [1.165, 1.54) is 10.9 Å². The normalized spacial score (nSPS) is 10.4. The van der Waals surface area contributed by atoms with Crippen molar-refractivity contribution in [1.29, 1.82) is 0 Å². The third-order valence-electron chi connectivity index (χ3n) is 3.37. The average Bonchev–Trinajstić information content (AvgIpc) is 3.04. The first-order valence-electron chi connectivity index (χ1n) is 6.83. The number of aromatic nitrogens is 2. The van der Waals surface area contributed by atoms with Crippen molar-refractivity contribution in [1.82, 2.24) is 14.9 Å². The lowest BCUT2D eigenvalue weighted by Gasteiger charge is -2.04. The van der Waals surface area contributed by atoms with Gasteiger partial charge >= 0.3 is 6.03 Å². The summed E-state index contributed by atoms with van der Waals surface area (Å²) in [5, 5.41) is 12.1. The van der Waals surface area contributed by atoms with E-state index in [0.717, 1.165) is 16.7 Å². The third-order valence-corrected chi connectivity index (χ3v) is 3.37. The van der Waals surface area contributed by atoms with Crippen LogP contribution in [-0.2, 0) is 0 Å². The van der Waals surface area contributed by atoms with Gasteiger partial charge in [-0.2, -0.15) is 0 Å². The molecule has 0 unspecified atom stereocenters. The molecule has 1 aromatic heterocycles. The van der Waals surface area contributed by atoms with Crippen molar-refractivity contribution in [2.45, 2.75) is 0 Å². The zero-order valence-electron chi connectivity index (χ0n) is 12.0. The van der Waals surface area contributed by atoms with Crippen LogP contribution < -0.4 is 5.32 Å². The summed E-state index contributed by atoms with van der Waals surface area (Å²) in [6, 6.07) is 14.7. The van der Waals surface area contributed by atoms with Crippen LogP contribution >= 0.6 is 0 Å². The molecular formula is C17H15N3O2. The highest BCUT2D eigenvalue weighted by atomic mass is 16.3. The highest BCUT2D eigenvalue weighted by Crippen LogP contribution is 2.27. The lowest BCUT2D eigenvalue weighted by Crippen LogP contribution is -2.22. The van der Waals surface area contributed by atoms with Crippen molar-refractivity contribution < 1.29 is 9.90 Å². The van der Waals surface area contributed by atoms with E-state index >= 15 is 0 Å². The number of hydrogen-bond acceptors (Lipinski definition) is 3. The molecule has 110 valence electrons. The summed E-state index contributed by atoms with van der Waals surface area (Å²) >= 11 is 0. The fraction of sp³-hybridized carbons (Fsp3) is 0.0588. The number of carbonyl (C=O) groups is 1. The average molecular weight is 293 g/mol. The Labute approximate surface area is 127 Å². The Morgan fingerprint density at radius 1 is 1.09 bits per heavy atom. The van der Waals surface area contributed by atoms with E-state index in [4.69, 9.17) is 0 Å². The molecule has 5 heteroatoms. The molecular weight excluding hydrogens is 278 g/mol. The number of rotatable bonds is 2. The monoisotopic (exact) mass is 293 g/mol. The molecule has 5 nitrogen and oxygen atoms in total. The number of phenolic OH excluding ortho intramolecular Hbond substituents is 1. The van der Waals surface area contributed by atoms with Crippen LogP contribution in [-0.4, -0.2) is 27.7 Å². The summed E-state index contributed by atoms with van der Waals surface area (Å²) in [5.74, 6) is 0.229. The molecule has 0 spiro atoms. The molecule has 2 N–H and O–H groups in total. The minimum absolute atomic E-state index is 0.229. The standard InChI is InChI=1S/C17H15N3O2/c1-18-17(22)20-10-16(19-11-20)14-6-2-4-12(8-14)13-5-3-7-15(21)9-13/h2-11,21H,1H3,(H,18,22). The minimum atomic E-state index is -0.233. The zero-order valence-corrected chi connectivity index (χ0v) is 12.0. The van der Waals surface area contributed by atoms with Crippen molar-refractivity contribution in [2.24, 2.45) is 0 Å². The summed E-state index contributed by atoms with van der Waals surface area (Å²) in [6.45, 7) is 0. The molecule has 2 aromatic carbocycles. The Kier molecular flexibility index (Phi) is 3.62. The molecule has 0 aliphatic carbocycles. The number of benzene rings is 2. The fourth-order valence-electron chi connectivity index (χ4n) is 2.26. The van der Waals surface area contributed by atoms with Crippen LogP contribution in [0.15, 0.2) is 61.1 Å². The van der Waals surface area contributed by atoms with E-state index in [0.29, 0.717) is 5.69 Å². The molecule has 22 heavy (non-hydrogen) atoms. The van der Waals surface area contributed by atoms with Crippen molar-refractivity contribution in [2.75, 3.05) is 7.05 Å². The van der Waals surface area contributed by atoms with Crippen LogP contribution in [0.3, 0.4) is 0 Å². The number of amides is 1. The Hall–Kier alpha value is -3.08. The van der Waals surface area contributed by atoms with Crippen molar-refractivity contribution >= 4 is 6.03 Å². The first kappa shape index (κ1) is 13.9. The molecule has 0 aliphatic heterocycles. The highest BCUT2D eigenvalue weighted by molar-refractivity contribution is 5.78. The highest BCUT2D eigenvalue weighted by Gasteiger charge is 2.07. The van der Waals surface area contributed by atoms with E-state index in [9.17, 15) is 9.90 Å². The quantitative estimate of drug-likeness (QED) is 0.763. The summed E-state index contributed by atoms with van der Waals surface area (Å²) in [4.78, 5) is 15.8. The van der Waals surface area contributed by atoms with Crippen molar-refractivity contribution in [3.63, 3.8) is 0 Å². The maximum absolute atomic E-state index is 11.6. The molecule has 0 atom stereocenters. The van der Waals surface area contributed by atoms with Crippen LogP contribution in [0.4, 0.5) is 4.79 Å². The second kappa shape index (κ2) is 5.73. The number of imidazole rings is 1. The fourth-order valence-corrected chi connectivity index (χ4v) is 2.26. The maximum Gasteiger partial charge on any atom is 0.326 e. The minimum Gasteiger partial charge on any atom is -0.508 e.